The molecule has 0 saturated carbocycles. The summed E-state index contributed by atoms with van der Waals surface area (Å²) in [5, 5.41) is 5.64. The highest BCUT2D eigenvalue weighted by Crippen LogP contribution is 2.22. The lowest BCUT2D eigenvalue weighted by Gasteiger charge is -2.34. The SMILES string of the molecule is CCOC(=O)C[C@](C)(NC(=O)Nc1cccc(C(=O)N(C)c2ccccc2)c1)C(C)C. The minimum atomic E-state index is -0.780. The number of rotatable bonds is 8. The highest BCUT2D eigenvalue weighted by atomic mass is 16.5. The summed E-state index contributed by atoms with van der Waals surface area (Å²) >= 11 is 0. The maximum absolute atomic E-state index is 12.8. The molecule has 0 aliphatic carbocycles. The van der Waals surface area contributed by atoms with Crippen molar-refractivity contribution in [2.45, 2.75) is 39.7 Å². The topological polar surface area (TPSA) is 87.7 Å². The Morgan fingerprint density at radius 3 is 2.35 bits per heavy atom. The van der Waals surface area contributed by atoms with Gasteiger partial charge in [0.25, 0.3) is 5.91 Å². The number of hydrogen-bond acceptors (Lipinski definition) is 4. The van der Waals surface area contributed by atoms with Gasteiger partial charge in [0.1, 0.15) is 0 Å². The normalized spacial score (nSPS) is 12.6. The zero-order valence-corrected chi connectivity index (χ0v) is 18.8. The van der Waals surface area contributed by atoms with Gasteiger partial charge in [-0.2, -0.15) is 0 Å². The Morgan fingerprint density at radius 2 is 1.74 bits per heavy atom. The number of amides is 3. The second kappa shape index (κ2) is 10.6. The molecule has 2 aromatic carbocycles. The maximum atomic E-state index is 12.8. The fourth-order valence-corrected chi connectivity index (χ4v) is 3.02. The average molecular weight is 426 g/mol. The van der Waals surface area contributed by atoms with Crippen LogP contribution in [0, 0.1) is 5.92 Å². The number of urea groups is 1. The quantitative estimate of drug-likeness (QED) is 0.612. The average Bonchev–Trinajstić information content (AvgIpc) is 2.73. The smallest absolute Gasteiger partial charge is 0.319 e. The third kappa shape index (κ3) is 6.57. The number of anilines is 2. The minimum absolute atomic E-state index is 0.00455. The van der Waals surface area contributed by atoms with Gasteiger partial charge >= 0.3 is 12.0 Å². The molecule has 7 nitrogen and oxygen atoms in total. The van der Waals surface area contributed by atoms with Crippen LogP contribution < -0.4 is 15.5 Å². The van der Waals surface area contributed by atoms with Crippen LogP contribution in [0.4, 0.5) is 16.2 Å². The Kier molecular flexibility index (Phi) is 8.19. The van der Waals surface area contributed by atoms with Gasteiger partial charge in [0.05, 0.1) is 18.6 Å². The molecule has 166 valence electrons. The predicted molar refractivity (Wildman–Crippen MR) is 122 cm³/mol. The summed E-state index contributed by atoms with van der Waals surface area (Å²) in [4.78, 5) is 39.0. The summed E-state index contributed by atoms with van der Waals surface area (Å²) in [6.45, 7) is 7.70. The first-order chi connectivity index (χ1) is 14.7. The fraction of sp³-hybridized carbons (Fsp3) is 0.375. The molecule has 31 heavy (non-hydrogen) atoms. The van der Waals surface area contributed by atoms with Crippen molar-refractivity contribution in [1.29, 1.82) is 0 Å². The van der Waals surface area contributed by atoms with E-state index in [1.165, 1.54) is 0 Å². The van der Waals surface area contributed by atoms with Gasteiger partial charge in [0.2, 0.25) is 0 Å². The second-order valence-corrected chi connectivity index (χ2v) is 7.91. The van der Waals surface area contributed by atoms with Crippen LogP contribution in [0.2, 0.25) is 0 Å². The van der Waals surface area contributed by atoms with Crippen molar-refractivity contribution < 1.29 is 19.1 Å². The van der Waals surface area contributed by atoms with Crippen LogP contribution in [0.3, 0.4) is 0 Å². The van der Waals surface area contributed by atoms with E-state index in [2.05, 4.69) is 10.6 Å². The van der Waals surface area contributed by atoms with Crippen molar-refractivity contribution >= 4 is 29.3 Å². The minimum Gasteiger partial charge on any atom is -0.466 e. The van der Waals surface area contributed by atoms with Gasteiger partial charge in [-0.25, -0.2) is 4.79 Å². The van der Waals surface area contributed by atoms with Crippen LogP contribution in [-0.4, -0.2) is 37.1 Å². The van der Waals surface area contributed by atoms with E-state index in [-0.39, 0.29) is 30.8 Å². The number of benzene rings is 2. The van der Waals surface area contributed by atoms with E-state index in [4.69, 9.17) is 4.74 Å². The third-order valence-electron chi connectivity index (χ3n) is 5.31. The Bertz CT molecular complexity index is 914. The van der Waals surface area contributed by atoms with E-state index in [1.807, 2.05) is 51.1 Å². The van der Waals surface area contributed by atoms with Crippen LogP contribution in [0.1, 0.15) is 44.5 Å². The summed E-state index contributed by atoms with van der Waals surface area (Å²) in [6.07, 6.45) is 0.0618. The molecular formula is C24H31N3O4. The lowest BCUT2D eigenvalue weighted by molar-refractivity contribution is -0.145. The molecule has 0 fully saturated rings. The second-order valence-electron chi connectivity index (χ2n) is 7.91. The van der Waals surface area contributed by atoms with Crippen LogP contribution in [0.5, 0.6) is 0 Å². The lowest BCUT2D eigenvalue weighted by atomic mass is 9.85. The summed E-state index contributed by atoms with van der Waals surface area (Å²) < 4.78 is 5.04. The highest BCUT2D eigenvalue weighted by Gasteiger charge is 2.33. The molecule has 0 aliphatic heterocycles. The Balaban J connectivity index is 2.10. The van der Waals surface area contributed by atoms with Crippen molar-refractivity contribution in [2.75, 3.05) is 23.9 Å². The van der Waals surface area contributed by atoms with Crippen molar-refractivity contribution in [3.63, 3.8) is 0 Å². The van der Waals surface area contributed by atoms with Crippen LogP contribution in [0.25, 0.3) is 0 Å². The summed E-state index contributed by atoms with van der Waals surface area (Å²) in [5.74, 6) is -0.560. The molecule has 0 saturated heterocycles. The van der Waals surface area contributed by atoms with Crippen molar-refractivity contribution in [3.05, 3.63) is 60.2 Å². The summed E-state index contributed by atoms with van der Waals surface area (Å²) in [5.41, 5.74) is 0.918. The third-order valence-corrected chi connectivity index (χ3v) is 5.31. The van der Waals surface area contributed by atoms with E-state index in [9.17, 15) is 14.4 Å². The number of para-hydroxylation sites is 1. The Morgan fingerprint density at radius 1 is 1.06 bits per heavy atom. The van der Waals surface area contributed by atoms with Gasteiger partial charge in [-0.05, 0) is 50.1 Å². The first kappa shape index (κ1) is 23.9. The summed E-state index contributed by atoms with van der Waals surface area (Å²) in [6, 6.07) is 15.6. The predicted octanol–water partition coefficient (Wildman–Crippen LogP) is 4.45. The first-order valence-corrected chi connectivity index (χ1v) is 10.3. The molecule has 2 aromatic rings. The van der Waals surface area contributed by atoms with Crippen molar-refractivity contribution in [2.24, 2.45) is 5.92 Å². The first-order valence-electron chi connectivity index (χ1n) is 10.3. The van der Waals surface area contributed by atoms with E-state index in [1.54, 1.807) is 43.1 Å². The Labute approximate surface area is 183 Å². The van der Waals surface area contributed by atoms with Crippen molar-refractivity contribution in [1.82, 2.24) is 5.32 Å². The van der Waals surface area contributed by atoms with E-state index < -0.39 is 11.6 Å². The highest BCUT2D eigenvalue weighted by molar-refractivity contribution is 6.06. The molecule has 1 atom stereocenters. The molecule has 0 unspecified atom stereocenters. The van der Waals surface area contributed by atoms with Gasteiger partial charge in [-0.3, -0.25) is 9.59 Å². The molecule has 0 aromatic heterocycles. The van der Waals surface area contributed by atoms with Gasteiger partial charge in [0, 0.05) is 24.0 Å². The Hall–Kier alpha value is -3.35. The van der Waals surface area contributed by atoms with E-state index in [0.29, 0.717) is 11.3 Å². The molecule has 0 aliphatic rings. The lowest BCUT2D eigenvalue weighted by Crippen LogP contribution is -2.52. The molecule has 7 heteroatoms. The van der Waals surface area contributed by atoms with Crippen LogP contribution >= 0.6 is 0 Å². The molecule has 2 N–H and O–H groups in total. The zero-order chi connectivity index (χ0) is 23.0. The fourth-order valence-electron chi connectivity index (χ4n) is 3.02. The standard InChI is InChI=1S/C24H31N3O4/c1-6-31-21(28)16-24(4,17(2)3)26-23(30)25-19-12-10-11-18(15-19)22(29)27(5)20-13-8-7-9-14-20/h7-15,17H,6,16H2,1-5H3,(H2,25,26,30)/t24-/m0/s1. The molecular weight excluding hydrogens is 394 g/mol. The van der Waals surface area contributed by atoms with E-state index >= 15 is 0 Å². The molecule has 3 amide bonds. The number of nitrogens with zero attached hydrogens (tertiary/aromatic N) is 1. The van der Waals surface area contributed by atoms with Gasteiger partial charge in [0.15, 0.2) is 0 Å². The number of ether oxygens (including phenoxy) is 1. The number of hydrogen-bond donors (Lipinski definition) is 2. The largest absolute Gasteiger partial charge is 0.466 e. The van der Waals surface area contributed by atoms with Crippen LogP contribution in [-0.2, 0) is 9.53 Å². The zero-order valence-electron chi connectivity index (χ0n) is 18.8. The van der Waals surface area contributed by atoms with Gasteiger partial charge in [-0.1, -0.05) is 38.1 Å². The monoisotopic (exact) mass is 425 g/mol. The number of esters is 1. The van der Waals surface area contributed by atoms with Gasteiger partial charge in [-0.15, -0.1) is 0 Å². The number of carbonyl (C=O) groups excluding carboxylic acids is 3. The van der Waals surface area contributed by atoms with Crippen molar-refractivity contribution in [3.8, 4) is 0 Å². The van der Waals surface area contributed by atoms with E-state index in [0.717, 1.165) is 5.69 Å². The molecule has 2 rings (SSSR count). The molecule has 0 spiro atoms. The number of nitrogens with one attached hydrogen (secondary N) is 2. The molecule has 0 bridgehead atoms. The maximum Gasteiger partial charge on any atom is 0.319 e. The number of carbonyl (C=O) groups is 3. The molecule has 0 heterocycles. The summed E-state index contributed by atoms with van der Waals surface area (Å²) in [7, 11) is 1.70. The molecule has 0 radical (unpaired) electrons. The van der Waals surface area contributed by atoms with Gasteiger partial charge < -0.3 is 20.3 Å². The van der Waals surface area contributed by atoms with Crippen LogP contribution in [0.15, 0.2) is 54.6 Å².